The Balaban J connectivity index is 2.42. The molecule has 0 spiro atoms. The highest BCUT2D eigenvalue weighted by Crippen LogP contribution is 2.24. The predicted molar refractivity (Wildman–Crippen MR) is 138 cm³/mol. The third-order valence-corrected chi connectivity index (χ3v) is 5.02. The predicted octanol–water partition coefficient (Wildman–Crippen LogP) is 4.06. The van der Waals surface area contributed by atoms with Gasteiger partial charge >= 0.3 is 12.1 Å². The first-order chi connectivity index (χ1) is 17.1. The van der Waals surface area contributed by atoms with Gasteiger partial charge in [-0.3, -0.25) is 4.79 Å². The van der Waals surface area contributed by atoms with Gasteiger partial charge < -0.3 is 29.8 Å². The summed E-state index contributed by atoms with van der Waals surface area (Å²) in [5.41, 5.74) is -1.03. The van der Waals surface area contributed by atoms with Crippen molar-refractivity contribution in [2.24, 2.45) is 5.92 Å². The minimum atomic E-state index is -1.34. The van der Waals surface area contributed by atoms with Gasteiger partial charge in [-0.15, -0.1) is 0 Å². The van der Waals surface area contributed by atoms with E-state index in [4.69, 9.17) is 9.15 Å². The number of furan rings is 1. The zero-order valence-corrected chi connectivity index (χ0v) is 22.9. The quantitative estimate of drug-likeness (QED) is 0.424. The Bertz CT molecular complexity index is 1070. The summed E-state index contributed by atoms with van der Waals surface area (Å²) in [6.45, 7) is 14.8. The number of rotatable bonds is 10. The molecule has 2 rings (SSSR count). The van der Waals surface area contributed by atoms with E-state index in [1.165, 1.54) is 11.1 Å². The van der Waals surface area contributed by atoms with E-state index < -0.39 is 29.6 Å². The second-order valence-corrected chi connectivity index (χ2v) is 11.2. The van der Waals surface area contributed by atoms with Gasteiger partial charge in [0.15, 0.2) is 0 Å². The molecule has 2 aromatic rings. The van der Waals surface area contributed by atoms with Gasteiger partial charge in [-0.1, -0.05) is 34.6 Å². The van der Waals surface area contributed by atoms with Gasteiger partial charge in [-0.05, 0) is 38.8 Å². The van der Waals surface area contributed by atoms with Gasteiger partial charge in [0.25, 0.3) is 5.91 Å². The van der Waals surface area contributed by atoms with E-state index in [1.54, 1.807) is 39.2 Å². The summed E-state index contributed by atoms with van der Waals surface area (Å²) in [6, 6.07) is 2.19. The molecule has 0 aliphatic heterocycles. The normalized spacial score (nSPS) is 12.7. The first-order valence-corrected chi connectivity index (χ1v) is 12.2. The van der Waals surface area contributed by atoms with Crippen molar-refractivity contribution in [3.05, 3.63) is 41.7 Å². The number of aliphatic carboxylic acids is 1. The molecule has 11 heteroatoms. The summed E-state index contributed by atoms with van der Waals surface area (Å²) in [6.07, 6.45) is 2.19. The van der Waals surface area contributed by atoms with Gasteiger partial charge in [0, 0.05) is 18.2 Å². The minimum absolute atomic E-state index is 0.0541. The summed E-state index contributed by atoms with van der Waals surface area (Å²) >= 11 is 0. The van der Waals surface area contributed by atoms with Gasteiger partial charge in [-0.2, -0.15) is 0 Å². The van der Waals surface area contributed by atoms with E-state index in [0.717, 1.165) is 0 Å². The third kappa shape index (κ3) is 9.07. The Morgan fingerprint density at radius 2 is 1.84 bits per heavy atom. The Hall–Kier alpha value is -3.63. The number of carbonyl (C=O) groups is 3. The van der Waals surface area contributed by atoms with Crippen molar-refractivity contribution in [2.45, 2.75) is 79.0 Å². The summed E-state index contributed by atoms with van der Waals surface area (Å²) in [7, 11) is 0. The average Bonchev–Trinajstić information content (AvgIpc) is 3.27. The van der Waals surface area contributed by atoms with E-state index in [-0.39, 0.29) is 42.3 Å². The van der Waals surface area contributed by atoms with E-state index >= 15 is 0 Å². The smallest absolute Gasteiger partial charge is 0.407 e. The molecule has 2 heterocycles. The van der Waals surface area contributed by atoms with E-state index in [1.807, 2.05) is 34.6 Å². The van der Waals surface area contributed by atoms with Crippen molar-refractivity contribution in [1.82, 2.24) is 20.2 Å². The maximum atomic E-state index is 13.8. The molecule has 0 saturated heterocycles. The summed E-state index contributed by atoms with van der Waals surface area (Å²) < 4.78 is 10.6. The van der Waals surface area contributed by atoms with Gasteiger partial charge in [-0.25, -0.2) is 19.6 Å². The number of carbonyl (C=O) groups excluding carboxylic acids is 2. The molecule has 0 aliphatic carbocycles. The summed E-state index contributed by atoms with van der Waals surface area (Å²) in [5.74, 6) is -0.473. The highest BCUT2D eigenvalue weighted by Gasteiger charge is 2.34. The van der Waals surface area contributed by atoms with Crippen molar-refractivity contribution in [3.63, 3.8) is 0 Å². The SMILES string of the molecule is CC(C)CN(C(=O)c1cnc(C(C)(C)C)nc1NCc1ccco1)[C@@H](CNC(=O)OC(C)(C)C)C(=O)O. The van der Waals surface area contributed by atoms with Crippen LogP contribution in [0.25, 0.3) is 0 Å². The summed E-state index contributed by atoms with van der Waals surface area (Å²) in [5, 5.41) is 15.6. The monoisotopic (exact) mass is 517 g/mol. The lowest BCUT2D eigenvalue weighted by Gasteiger charge is -2.31. The van der Waals surface area contributed by atoms with Crippen molar-refractivity contribution in [3.8, 4) is 0 Å². The van der Waals surface area contributed by atoms with Crippen LogP contribution in [0.15, 0.2) is 29.0 Å². The fourth-order valence-corrected chi connectivity index (χ4v) is 3.34. The molecule has 2 amide bonds. The molecular formula is C26H39N5O6. The van der Waals surface area contributed by atoms with Crippen LogP contribution in [-0.2, 0) is 21.5 Å². The number of hydrogen-bond acceptors (Lipinski definition) is 8. The standard InChI is InChI=1S/C26H39N5O6/c1-16(2)15-31(19(22(33)34)14-29-24(35)37-26(6,7)8)21(32)18-13-28-23(25(3,4)5)30-20(18)27-12-17-10-9-11-36-17/h9-11,13,16,19H,12,14-15H2,1-8H3,(H,29,35)(H,33,34)(H,27,28,30)/t19-/m0/s1. The molecule has 3 N–H and O–H groups in total. The number of alkyl carbamates (subject to hydrolysis) is 1. The Morgan fingerprint density at radius 1 is 1.16 bits per heavy atom. The molecule has 0 unspecified atom stereocenters. The van der Waals surface area contributed by atoms with Crippen molar-refractivity contribution in [2.75, 3.05) is 18.4 Å². The molecule has 0 radical (unpaired) electrons. The number of amides is 2. The van der Waals surface area contributed by atoms with Crippen LogP contribution in [0.1, 0.15) is 77.3 Å². The van der Waals surface area contributed by atoms with Crippen LogP contribution in [0.4, 0.5) is 10.6 Å². The molecule has 0 bridgehead atoms. The van der Waals surface area contributed by atoms with Gasteiger partial charge in [0.05, 0.1) is 19.4 Å². The third-order valence-electron chi connectivity index (χ3n) is 5.02. The van der Waals surface area contributed by atoms with E-state index in [2.05, 4.69) is 20.6 Å². The Morgan fingerprint density at radius 3 is 2.35 bits per heavy atom. The molecule has 2 aromatic heterocycles. The molecule has 0 aliphatic rings. The highest BCUT2D eigenvalue weighted by atomic mass is 16.6. The number of anilines is 1. The van der Waals surface area contributed by atoms with Crippen molar-refractivity contribution < 1.29 is 28.6 Å². The Kier molecular flexibility index (Phi) is 9.66. The fourth-order valence-electron chi connectivity index (χ4n) is 3.34. The largest absolute Gasteiger partial charge is 0.480 e. The van der Waals surface area contributed by atoms with Gasteiger partial charge in [0.2, 0.25) is 0 Å². The molecular weight excluding hydrogens is 478 g/mol. The molecule has 37 heavy (non-hydrogen) atoms. The molecule has 0 saturated carbocycles. The fraction of sp³-hybridized carbons (Fsp3) is 0.577. The molecule has 0 fully saturated rings. The molecule has 204 valence electrons. The van der Waals surface area contributed by atoms with Crippen LogP contribution in [0, 0.1) is 5.92 Å². The first kappa shape index (κ1) is 29.6. The van der Waals surface area contributed by atoms with Crippen LogP contribution in [0.3, 0.4) is 0 Å². The number of nitrogens with zero attached hydrogens (tertiary/aromatic N) is 3. The van der Waals surface area contributed by atoms with Crippen LogP contribution in [-0.4, -0.2) is 62.7 Å². The lowest BCUT2D eigenvalue weighted by atomic mass is 9.95. The zero-order chi connectivity index (χ0) is 28.0. The zero-order valence-electron chi connectivity index (χ0n) is 22.9. The average molecular weight is 518 g/mol. The van der Waals surface area contributed by atoms with Crippen molar-refractivity contribution in [1.29, 1.82) is 0 Å². The number of ether oxygens (including phenoxy) is 1. The second kappa shape index (κ2) is 12.1. The Labute approximate surface area is 218 Å². The van der Waals surface area contributed by atoms with Crippen LogP contribution in [0.5, 0.6) is 0 Å². The lowest BCUT2D eigenvalue weighted by molar-refractivity contribution is -0.142. The number of carboxylic acids is 1. The molecule has 1 atom stereocenters. The van der Waals surface area contributed by atoms with Crippen molar-refractivity contribution >= 4 is 23.8 Å². The first-order valence-electron chi connectivity index (χ1n) is 12.2. The second-order valence-electron chi connectivity index (χ2n) is 11.2. The maximum Gasteiger partial charge on any atom is 0.407 e. The number of aromatic nitrogens is 2. The number of carboxylic acid groups (broad SMARTS) is 1. The van der Waals surface area contributed by atoms with Crippen LogP contribution in [0.2, 0.25) is 0 Å². The number of hydrogen-bond donors (Lipinski definition) is 3. The minimum Gasteiger partial charge on any atom is -0.480 e. The maximum absolute atomic E-state index is 13.8. The highest BCUT2D eigenvalue weighted by molar-refractivity contribution is 6.00. The number of nitrogens with one attached hydrogen (secondary N) is 2. The van der Waals surface area contributed by atoms with Gasteiger partial charge in [0.1, 0.15) is 34.6 Å². The van der Waals surface area contributed by atoms with Crippen LogP contribution >= 0.6 is 0 Å². The topological polar surface area (TPSA) is 147 Å². The lowest BCUT2D eigenvalue weighted by Crippen LogP contribution is -2.53. The van der Waals surface area contributed by atoms with E-state index in [0.29, 0.717) is 11.6 Å². The molecule has 0 aromatic carbocycles. The van der Waals surface area contributed by atoms with Crippen LogP contribution < -0.4 is 10.6 Å². The summed E-state index contributed by atoms with van der Waals surface area (Å²) in [4.78, 5) is 48.5. The van der Waals surface area contributed by atoms with E-state index in [9.17, 15) is 19.5 Å². The molecule has 11 nitrogen and oxygen atoms in total.